The van der Waals surface area contributed by atoms with E-state index in [0.717, 1.165) is 5.56 Å². The lowest BCUT2D eigenvalue weighted by Crippen LogP contribution is -2.32. The summed E-state index contributed by atoms with van der Waals surface area (Å²) in [4.78, 5) is 22.6. The van der Waals surface area contributed by atoms with Crippen LogP contribution >= 0.6 is 0 Å². The van der Waals surface area contributed by atoms with E-state index in [1.807, 2.05) is 30.3 Å². The van der Waals surface area contributed by atoms with Gasteiger partial charge in [-0.05, 0) is 23.8 Å². The van der Waals surface area contributed by atoms with Crippen LogP contribution in [0.25, 0.3) is 22.3 Å². The molecule has 162 valence electrons. The van der Waals surface area contributed by atoms with E-state index in [1.165, 1.54) is 18.5 Å². The van der Waals surface area contributed by atoms with Crippen LogP contribution < -0.4 is 11.5 Å². The number of hydrogen-bond donors (Lipinski definition) is 3. The van der Waals surface area contributed by atoms with Gasteiger partial charge in [-0.15, -0.1) is 0 Å². The molecule has 9 nitrogen and oxygen atoms in total. The summed E-state index contributed by atoms with van der Waals surface area (Å²) < 4.78 is 1.68. The van der Waals surface area contributed by atoms with Crippen molar-refractivity contribution in [2.75, 3.05) is 18.0 Å². The summed E-state index contributed by atoms with van der Waals surface area (Å²) in [5.41, 5.74) is 14.8. The first-order valence-electron chi connectivity index (χ1n) is 9.99. The first-order chi connectivity index (χ1) is 15.5. The molecule has 0 saturated heterocycles. The molecule has 0 atom stereocenters. The number of benzene rings is 2. The molecular formula is C23H23N7O2. The SMILES string of the molecule is C=CC(=O)N(CCn1nc(-c2ccc(N)c(O)c2)c2c(N)ncnc21)Cc1ccccc1. The van der Waals surface area contributed by atoms with Crippen LogP contribution in [0.5, 0.6) is 5.75 Å². The molecule has 2 heterocycles. The largest absolute Gasteiger partial charge is 0.506 e. The molecule has 0 fully saturated rings. The second-order valence-electron chi connectivity index (χ2n) is 7.25. The number of nitrogens with zero attached hydrogens (tertiary/aromatic N) is 5. The second-order valence-corrected chi connectivity index (χ2v) is 7.25. The highest BCUT2D eigenvalue weighted by molar-refractivity contribution is 5.98. The van der Waals surface area contributed by atoms with E-state index in [4.69, 9.17) is 11.5 Å². The number of nitrogens with two attached hydrogens (primary N) is 2. The number of amides is 1. The third kappa shape index (κ3) is 4.08. The molecule has 0 aliphatic carbocycles. The lowest BCUT2D eigenvalue weighted by Gasteiger charge is -2.21. The van der Waals surface area contributed by atoms with Gasteiger partial charge in [0, 0.05) is 18.7 Å². The van der Waals surface area contributed by atoms with Crippen LogP contribution in [0, 0.1) is 0 Å². The molecule has 4 rings (SSSR count). The maximum absolute atomic E-state index is 12.4. The quantitative estimate of drug-likeness (QED) is 0.233. The summed E-state index contributed by atoms with van der Waals surface area (Å²) in [6.45, 7) is 4.82. The van der Waals surface area contributed by atoms with Crippen molar-refractivity contribution in [3.63, 3.8) is 0 Å². The number of carbonyl (C=O) groups is 1. The Morgan fingerprint density at radius 2 is 1.94 bits per heavy atom. The van der Waals surface area contributed by atoms with E-state index >= 15 is 0 Å². The van der Waals surface area contributed by atoms with Crippen molar-refractivity contribution in [3.05, 3.63) is 73.1 Å². The number of carbonyl (C=O) groups excluding carboxylic acids is 1. The van der Waals surface area contributed by atoms with Crippen molar-refractivity contribution in [2.45, 2.75) is 13.1 Å². The predicted octanol–water partition coefficient (Wildman–Crippen LogP) is 2.58. The van der Waals surface area contributed by atoms with E-state index in [2.05, 4.69) is 21.6 Å². The minimum absolute atomic E-state index is 0.0498. The lowest BCUT2D eigenvalue weighted by atomic mass is 10.1. The molecule has 2 aromatic carbocycles. The van der Waals surface area contributed by atoms with Gasteiger partial charge in [-0.3, -0.25) is 4.79 Å². The summed E-state index contributed by atoms with van der Waals surface area (Å²) in [5.74, 6) is 0.0465. The number of hydrogen-bond acceptors (Lipinski definition) is 7. The number of nitrogen functional groups attached to an aromatic ring is 2. The van der Waals surface area contributed by atoms with E-state index in [0.29, 0.717) is 41.9 Å². The highest BCUT2D eigenvalue weighted by Gasteiger charge is 2.19. The third-order valence-corrected chi connectivity index (χ3v) is 5.15. The van der Waals surface area contributed by atoms with Crippen molar-refractivity contribution in [1.82, 2.24) is 24.6 Å². The summed E-state index contributed by atoms with van der Waals surface area (Å²) in [6.07, 6.45) is 2.67. The molecule has 5 N–H and O–H groups in total. The van der Waals surface area contributed by atoms with Crippen LogP contribution in [0.2, 0.25) is 0 Å². The molecule has 32 heavy (non-hydrogen) atoms. The van der Waals surface area contributed by atoms with Gasteiger partial charge >= 0.3 is 0 Å². The molecule has 0 aliphatic heterocycles. The monoisotopic (exact) mass is 429 g/mol. The number of phenols is 1. The Hall–Kier alpha value is -4.40. The molecule has 4 aromatic rings. The van der Waals surface area contributed by atoms with Crippen LogP contribution in [-0.2, 0) is 17.9 Å². The number of anilines is 2. The fourth-order valence-electron chi connectivity index (χ4n) is 3.49. The van der Waals surface area contributed by atoms with Gasteiger partial charge in [-0.25, -0.2) is 14.6 Å². The number of fused-ring (bicyclic) bond motifs is 1. The minimum Gasteiger partial charge on any atom is -0.506 e. The van der Waals surface area contributed by atoms with Crippen LogP contribution in [0.4, 0.5) is 11.5 Å². The number of aromatic hydroxyl groups is 1. The Kier molecular flexibility index (Phi) is 5.71. The van der Waals surface area contributed by atoms with Crippen LogP contribution in [-0.4, -0.2) is 42.2 Å². The van der Waals surface area contributed by atoms with Gasteiger partial charge in [-0.1, -0.05) is 43.0 Å². The molecule has 0 unspecified atom stereocenters. The molecular weight excluding hydrogens is 406 g/mol. The Labute approximate surface area is 184 Å². The zero-order valence-electron chi connectivity index (χ0n) is 17.3. The molecule has 0 bridgehead atoms. The molecule has 9 heteroatoms. The van der Waals surface area contributed by atoms with Gasteiger partial charge in [0.1, 0.15) is 23.6 Å². The zero-order chi connectivity index (χ0) is 22.7. The highest BCUT2D eigenvalue weighted by atomic mass is 16.3. The lowest BCUT2D eigenvalue weighted by molar-refractivity contribution is -0.126. The van der Waals surface area contributed by atoms with Gasteiger partial charge in [0.2, 0.25) is 5.91 Å². The smallest absolute Gasteiger partial charge is 0.246 e. The van der Waals surface area contributed by atoms with Gasteiger partial charge in [0.25, 0.3) is 0 Å². The fourth-order valence-corrected chi connectivity index (χ4v) is 3.49. The number of aromatic nitrogens is 4. The van der Waals surface area contributed by atoms with Gasteiger partial charge in [0.05, 0.1) is 17.6 Å². The summed E-state index contributed by atoms with van der Waals surface area (Å²) >= 11 is 0. The van der Waals surface area contributed by atoms with Gasteiger partial charge < -0.3 is 21.5 Å². The molecule has 0 spiro atoms. The Morgan fingerprint density at radius 1 is 1.16 bits per heavy atom. The maximum atomic E-state index is 12.4. The van der Waals surface area contributed by atoms with Crippen LogP contribution in [0.3, 0.4) is 0 Å². The maximum Gasteiger partial charge on any atom is 0.246 e. The van der Waals surface area contributed by atoms with Crippen LogP contribution in [0.1, 0.15) is 5.56 Å². The van der Waals surface area contributed by atoms with E-state index in [9.17, 15) is 9.90 Å². The molecule has 0 radical (unpaired) electrons. The van der Waals surface area contributed by atoms with Gasteiger partial charge in [0.15, 0.2) is 5.65 Å². The van der Waals surface area contributed by atoms with E-state index < -0.39 is 0 Å². The van der Waals surface area contributed by atoms with E-state index in [1.54, 1.807) is 21.7 Å². The van der Waals surface area contributed by atoms with E-state index in [-0.39, 0.29) is 23.2 Å². The van der Waals surface area contributed by atoms with Gasteiger partial charge in [-0.2, -0.15) is 5.10 Å². The van der Waals surface area contributed by atoms with Crippen molar-refractivity contribution in [2.24, 2.45) is 0 Å². The Bertz CT molecular complexity index is 1280. The predicted molar refractivity (Wildman–Crippen MR) is 123 cm³/mol. The average Bonchev–Trinajstić information content (AvgIpc) is 3.18. The van der Waals surface area contributed by atoms with Crippen molar-refractivity contribution >= 4 is 28.4 Å². The average molecular weight is 429 g/mol. The second kappa shape index (κ2) is 8.76. The molecule has 0 saturated carbocycles. The number of phenolic OH excluding ortho intramolecular Hbond substituents is 1. The molecule has 0 aliphatic rings. The standard InChI is InChI=1S/C23H23N7O2/c1-2-19(32)29(13-15-6-4-3-5-7-15)10-11-30-23-20(22(25)26-14-27-23)21(28-30)16-8-9-17(24)18(31)12-16/h2-9,12,14,31H,1,10-11,13,24H2,(H2,25,26,27). The normalized spacial score (nSPS) is 10.9. The molecule has 2 aromatic heterocycles. The first kappa shape index (κ1) is 20.9. The zero-order valence-corrected chi connectivity index (χ0v) is 17.3. The van der Waals surface area contributed by atoms with Crippen molar-refractivity contribution < 1.29 is 9.90 Å². The minimum atomic E-state index is -0.178. The first-order valence-corrected chi connectivity index (χ1v) is 9.99. The van der Waals surface area contributed by atoms with Crippen LogP contribution in [0.15, 0.2) is 67.5 Å². The Balaban J connectivity index is 1.68. The summed E-state index contributed by atoms with van der Waals surface area (Å²) in [5, 5.41) is 15.3. The molecule has 1 amide bonds. The Morgan fingerprint density at radius 3 is 2.66 bits per heavy atom. The fraction of sp³-hybridized carbons (Fsp3) is 0.130. The summed E-state index contributed by atoms with van der Waals surface area (Å²) in [7, 11) is 0. The third-order valence-electron chi connectivity index (χ3n) is 5.15. The summed E-state index contributed by atoms with van der Waals surface area (Å²) in [6, 6.07) is 14.6. The number of rotatable bonds is 7. The van der Waals surface area contributed by atoms with Crippen molar-refractivity contribution in [1.29, 1.82) is 0 Å². The topological polar surface area (TPSA) is 136 Å². The van der Waals surface area contributed by atoms with Crippen molar-refractivity contribution in [3.8, 4) is 17.0 Å². The highest BCUT2D eigenvalue weighted by Crippen LogP contribution is 2.33.